The van der Waals surface area contributed by atoms with Crippen LogP contribution in [0.4, 0.5) is 0 Å². The molecule has 1 atom stereocenters. The van der Waals surface area contributed by atoms with Crippen molar-refractivity contribution in [3.63, 3.8) is 0 Å². The highest BCUT2D eigenvalue weighted by atomic mass is 35.5. The Balaban J connectivity index is 0.00000324. The van der Waals surface area contributed by atoms with Gasteiger partial charge in [-0.2, -0.15) is 0 Å². The van der Waals surface area contributed by atoms with E-state index in [0.717, 1.165) is 26.5 Å². The fraction of sp³-hybridized carbons (Fsp3) is 0.250. The molecule has 0 amide bonds. The Labute approximate surface area is 204 Å². The maximum absolute atomic E-state index is 12.3. The van der Waals surface area contributed by atoms with Crippen LogP contribution in [0.15, 0.2) is 65.6 Å². The van der Waals surface area contributed by atoms with Gasteiger partial charge in [0.2, 0.25) is 10.0 Å². The molecule has 0 fully saturated rings. The molecule has 0 saturated carbocycles. The number of hydrogen-bond donors (Lipinski definition) is 4. The number of phenolic OH excluding ortho intramolecular Hbond substituents is 1. The summed E-state index contributed by atoms with van der Waals surface area (Å²) in [6.45, 7) is 1.09. The third-order valence-electron chi connectivity index (χ3n) is 5.49. The number of aliphatic hydroxyl groups excluding tert-OH is 1. The SMILES string of the molecule is CN(C)S(=O)(=O)c1cc(C(O)CNCCOc2ccc3c(c2)[nH]c2ccccc23)ccc1O.Cl. The van der Waals surface area contributed by atoms with Gasteiger partial charge in [-0.1, -0.05) is 24.3 Å². The minimum atomic E-state index is -3.82. The number of halogens is 1. The topological polar surface area (TPSA) is 115 Å². The zero-order chi connectivity index (χ0) is 23.6. The van der Waals surface area contributed by atoms with Crippen LogP contribution in [0.5, 0.6) is 11.5 Å². The molecule has 4 aromatic rings. The van der Waals surface area contributed by atoms with Crippen LogP contribution in [0, 0.1) is 0 Å². The van der Waals surface area contributed by atoms with Crippen molar-refractivity contribution in [1.82, 2.24) is 14.6 Å². The number of aromatic hydroxyl groups is 1. The number of aromatic nitrogens is 1. The number of hydrogen-bond acceptors (Lipinski definition) is 6. The largest absolute Gasteiger partial charge is 0.507 e. The number of rotatable bonds is 9. The van der Waals surface area contributed by atoms with Crippen LogP contribution in [0.2, 0.25) is 0 Å². The average Bonchev–Trinajstić information content (AvgIpc) is 3.16. The van der Waals surface area contributed by atoms with Crippen molar-refractivity contribution in [1.29, 1.82) is 0 Å². The number of ether oxygens (including phenoxy) is 1. The number of fused-ring (bicyclic) bond motifs is 3. The third-order valence-corrected chi connectivity index (χ3v) is 7.33. The lowest BCUT2D eigenvalue weighted by molar-refractivity contribution is 0.171. The van der Waals surface area contributed by atoms with Crippen LogP contribution in [-0.4, -0.2) is 61.7 Å². The monoisotopic (exact) mass is 505 g/mol. The summed E-state index contributed by atoms with van der Waals surface area (Å²) in [7, 11) is -1.05. The van der Waals surface area contributed by atoms with Gasteiger partial charge in [-0.3, -0.25) is 0 Å². The second-order valence-electron chi connectivity index (χ2n) is 7.96. The van der Waals surface area contributed by atoms with Crippen LogP contribution in [-0.2, 0) is 10.0 Å². The molecule has 4 rings (SSSR count). The van der Waals surface area contributed by atoms with Crippen LogP contribution in [0.25, 0.3) is 21.8 Å². The Hall–Kier alpha value is -2.82. The number of sulfonamides is 1. The summed E-state index contributed by atoms with van der Waals surface area (Å²) in [5.74, 6) is 0.390. The van der Waals surface area contributed by atoms with E-state index in [1.165, 1.54) is 37.7 Å². The summed E-state index contributed by atoms with van der Waals surface area (Å²) in [6.07, 6.45) is -0.940. The number of para-hydroxylation sites is 1. The van der Waals surface area contributed by atoms with Gasteiger partial charge in [-0.25, -0.2) is 12.7 Å². The van der Waals surface area contributed by atoms with E-state index in [1.807, 2.05) is 36.4 Å². The van der Waals surface area contributed by atoms with Gasteiger partial charge in [0, 0.05) is 49.5 Å². The van der Waals surface area contributed by atoms with Gasteiger partial charge in [0.05, 0.1) is 11.6 Å². The molecule has 0 saturated heterocycles. The summed E-state index contributed by atoms with van der Waals surface area (Å²) >= 11 is 0. The molecule has 1 unspecified atom stereocenters. The van der Waals surface area contributed by atoms with Crippen molar-refractivity contribution in [2.45, 2.75) is 11.0 Å². The molecule has 0 aliphatic rings. The van der Waals surface area contributed by atoms with Gasteiger partial charge in [-0.05, 0) is 35.9 Å². The first-order chi connectivity index (χ1) is 15.8. The lowest BCUT2D eigenvalue weighted by Crippen LogP contribution is -2.26. The zero-order valence-electron chi connectivity index (χ0n) is 18.9. The number of aromatic amines is 1. The van der Waals surface area contributed by atoms with Crippen LogP contribution < -0.4 is 10.1 Å². The fourth-order valence-corrected chi connectivity index (χ4v) is 4.67. The third kappa shape index (κ3) is 5.29. The predicted octanol–water partition coefficient (Wildman–Crippen LogP) is 3.40. The molecular weight excluding hydrogens is 478 g/mol. The highest BCUT2D eigenvalue weighted by Gasteiger charge is 2.23. The molecule has 3 aromatic carbocycles. The Morgan fingerprint density at radius 3 is 2.53 bits per heavy atom. The zero-order valence-corrected chi connectivity index (χ0v) is 20.5. The van der Waals surface area contributed by atoms with Crippen LogP contribution in [0.1, 0.15) is 11.7 Å². The molecule has 1 heterocycles. The quantitative estimate of drug-likeness (QED) is 0.259. The summed E-state index contributed by atoms with van der Waals surface area (Å²) in [6, 6.07) is 18.1. The molecule has 34 heavy (non-hydrogen) atoms. The number of H-pyrrole nitrogens is 1. The van der Waals surface area contributed by atoms with E-state index in [1.54, 1.807) is 0 Å². The molecule has 10 heteroatoms. The number of aliphatic hydroxyl groups is 1. The van der Waals surface area contributed by atoms with Crippen molar-refractivity contribution in [3.8, 4) is 11.5 Å². The second kappa shape index (κ2) is 10.6. The molecule has 0 aliphatic heterocycles. The second-order valence-corrected chi connectivity index (χ2v) is 10.1. The number of benzene rings is 3. The molecule has 4 N–H and O–H groups in total. The van der Waals surface area contributed by atoms with Crippen molar-refractivity contribution in [2.24, 2.45) is 0 Å². The Morgan fingerprint density at radius 1 is 1.03 bits per heavy atom. The number of nitrogens with zero attached hydrogens (tertiary/aromatic N) is 1. The summed E-state index contributed by atoms with van der Waals surface area (Å²) in [5, 5.41) is 25.8. The maximum Gasteiger partial charge on any atom is 0.246 e. The first-order valence-corrected chi connectivity index (χ1v) is 12.0. The van der Waals surface area contributed by atoms with E-state index in [2.05, 4.69) is 16.4 Å². The van der Waals surface area contributed by atoms with Gasteiger partial charge < -0.3 is 25.3 Å². The molecule has 0 aliphatic carbocycles. The van der Waals surface area contributed by atoms with Gasteiger partial charge in [0.25, 0.3) is 0 Å². The summed E-state index contributed by atoms with van der Waals surface area (Å²) in [5.41, 5.74) is 2.48. The van der Waals surface area contributed by atoms with E-state index in [4.69, 9.17) is 4.74 Å². The average molecular weight is 506 g/mol. The lowest BCUT2D eigenvalue weighted by atomic mass is 10.1. The molecular formula is C24H28ClN3O5S. The van der Waals surface area contributed by atoms with Gasteiger partial charge in [-0.15, -0.1) is 12.4 Å². The highest BCUT2D eigenvalue weighted by Crippen LogP contribution is 2.29. The van der Waals surface area contributed by atoms with Gasteiger partial charge in [0.1, 0.15) is 23.0 Å². The number of phenols is 1. The Kier molecular flexibility index (Phi) is 8.06. The van der Waals surface area contributed by atoms with Crippen LogP contribution >= 0.6 is 12.4 Å². The first kappa shape index (κ1) is 25.8. The molecule has 0 radical (unpaired) electrons. The molecule has 0 bridgehead atoms. The minimum absolute atomic E-state index is 0. The fourth-order valence-electron chi connectivity index (χ4n) is 3.66. The van der Waals surface area contributed by atoms with Gasteiger partial charge in [0.15, 0.2) is 0 Å². The van der Waals surface area contributed by atoms with E-state index in [9.17, 15) is 18.6 Å². The van der Waals surface area contributed by atoms with E-state index < -0.39 is 16.1 Å². The van der Waals surface area contributed by atoms with Crippen molar-refractivity contribution < 1.29 is 23.4 Å². The Bertz CT molecular complexity index is 1390. The summed E-state index contributed by atoms with van der Waals surface area (Å²) < 4.78 is 31.5. The smallest absolute Gasteiger partial charge is 0.246 e. The summed E-state index contributed by atoms with van der Waals surface area (Å²) in [4.78, 5) is 3.15. The van der Waals surface area contributed by atoms with Crippen LogP contribution in [0.3, 0.4) is 0 Å². The van der Waals surface area contributed by atoms with E-state index in [0.29, 0.717) is 18.7 Å². The van der Waals surface area contributed by atoms with Crippen molar-refractivity contribution in [2.75, 3.05) is 33.8 Å². The normalized spacial score (nSPS) is 12.7. The van der Waals surface area contributed by atoms with Gasteiger partial charge >= 0.3 is 0 Å². The first-order valence-electron chi connectivity index (χ1n) is 10.5. The van der Waals surface area contributed by atoms with E-state index >= 15 is 0 Å². The van der Waals surface area contributed by atoms with Crippen molar-refractivity contribution in [3.05, 3.63) is 66.2 Å². The predicted molar refractivity (Wildman–Crippen MR) is 135 cm³/mol. The van der Waals surface area contributed by atoms with E-state index in [-0.39, 0.29) is 29.6 Å². The molecule has 8 nitrogen and oxygen atoms in total. The highest BCUT2D eigenvalue weighted by molar-refractivity contribution is 7.89. The standard InChI is InChI=1S/C24H27N3O5S.ClH/c1-27(2)33(30,31)24-13-16(7-10-22(24)28)23(29)15-25-11-12-32-17-8-9-19-18-5-3-4-6-20(18)26-21(19)14-17;/h3-10,13-14,23,25-26,28-29H,11-12,15H2,1-2H3;1H. The number of nitrogens with one attached hydrogen (secondary N) is 2. The molecule has 182 valence electrons. The lowest BCUT2D eigenvalue weighted by Gasteiger charge is -2.16. The molecule has 0 spiro atoms. The maximum atomic E-state index is 12.3. The van der Waals surface area contributed by atoms with Crippen molar-refractivity contribution >= 4 is 44.2 Å². The minimum Gasteiger partial charge on any atom is -0.507 e. The molecule has 1 aromatic heterocycles. The Morgan fingerprint density at radius 2 is 1.76 bits per heavy atom.